The summed E-state index contributed by atoms with van der Waals surface area (Å²) in [4.78, 5) is 13.9. The molecule has 0 spiro atoms. The van der Waals surface area contributed by atoms with E-state index in [0.29, 0.717) is 11.3 Å². The normalized spacial score (nSPS) is 10.9. The molecule has 1 amide bonds. The molecule has 0 aliphatic heterocycles. The summed E-state index contributed by atoms with van der Waals surface area (Å²) in [6.45, 7) is 2.47. The Bertz CT molecular complexity index is 692. The molecule has 0 bridgehead atoms. The average molecular weight is 395 g/mol. The number of carbonyl (C=O) groups excluding carboxylic acids is 1. The van der Waals surface area contributed by atoms with Gasteiger partial charge < -0.3 is 10.4 Å². The molecule has 0 aromatic heterocycles. The Labute approximate surface area is 149 Å². The van der Waals surface area contributed by atoms with E-state index in [9.17, 15) is 14.3 Å². The number of nitrogens with one attached hydrogen (secondary N) is 1. The zero-order chi connectivity index (χ0) is 17.5. The lowest BCUT2D eigenvalue weighted by Gasteiger charge is -2.21. The van der Waals surface area contributed by atoms with Gasteiger partial charge in [-0.2, -0.15) is 0 Å². The zero-order valence-corrected chi connectivity index (χ0v) is 15.0. The van der Waals surface area contributed by atoms with E-state index in [-0.39, 0.29) is 38.0 Å². The van der Waals surface area contributed by atoms with Crippen molar-refractivity contribution in [3.8, 4) is 0 Å². The van der Waals surface area contributed by atoms with E-state index in [1.807, 2.05) is 31.2 Å². The summed E-state index contributed by atoms with van der Waals surface area (Å²) in [5.74, 6) is -0.539. The molecule has 4 nitrogen and oxygen atoms in total. The highest BCUT2D eigenvalue weighted by Crippen LogP contribution is 2.17. The van der Waals surface area contributed by atoms with E-state index in [2.05, 4.69) is 21.2 Å². The zero-order valence-electron chi connectivity index (χ0n) is 13.4. The lowest BCUT2D eigenvalue weighted by atomic mass is 10.2. The van der Waals surface area contributed by atoms with Crippen LogP contribution in [0.15, 0.2) is 46.9 Å². The van der Waals surface area contributed by atoms with Gasteiger partial charge in [-0.25, -0.2) is 4.39 Å². The number of anilines is 1. The Kier molecular flexibility index (Phi) is 6.90. The molecular formula is C18H20BrFN2O2. The van der Waals surface area contributed by atoms with Gasteiger partial charge in [0, 0.05) is 28.8 Å². The summed E-state index contributed by atoms with van der Waals surface area (Å²) in [6.07, 6.45) is 0. The molecule has 128 valence electrons. The largest absolute Gasteiger partial charge is 0.395 e. The molecule has 0 radical (unpaired) electrons. The van der Waals surface area contributed by atoms with Crippen molar-refractivity contribution < 1.29 is 14.3 Å². The van der Waals surface area contributed by atoms with Crippen LogP contribution in [-0.4, -0.2) is 35.6 Å². The van der Waals surface area contributed by atoms with E-state index in [0.717, 1.165) is 10.0 Å². The maximum Gasteiger partial charge on any atom is 0.238 e. The second-order valence-corrected chi connectivity index (χ2v) is 6.50. The van der Waals surface area contributed by atoms with Gasteiger partial charge in [0.25, 0.3) is 0 Å². The van der Waals surface area contributed by atoms with Gasteiger partial charge in [-0.05, 0) is 37.3 Å². The summed E-state index contributed by atoms with van der Waals surface area (Å²) in [6, 6.07) is 12.2. The second kappa shape index (κ2) is 8.92. The predicted molar refractivity (Wildman–Crippen MR) is 96.3 cm³/mol. The van der Waals surface area contributed by atoms with Crippen LogP contribution in [0.4, 0.5) is 10.1 Å². The van der Waals surface area contributed by atoms with Crippen molar-refractivity contribution in [1.82, 2.24) is 4.90 Å². The van der Waals surface area contributed by atoms with E-state index >= 15 is 0 Å². The second-order valence-electron chi connectivity index (χ2n) is 5.58. The van der Waals surface area contributed by atoms with Gasteiger partial charge in [-0.1, -0.05) is 33.6 Å². The minimum absolute atomic E-state index is 0.0698. The first kappa shape index (κ1) is 18.6. The van der Waals surface area contributed by atoms with Crippen LogP contribution >= 0.6 is 15.9 Å². The van der Waals surface area contributed by atoms with E-state index < -0.39 is 0 Å². The van der Waals surface area contributed by atoms with Gasteiger partial charge in [-0.15, -0.1) is 0 Å². The quantitative estimate of drug-likeness (QED) is 0.756. The molecule has 0 saturated carbocycles. The molecule has 24 heavy (non-hydrogen) atoms. The van der Waals surface area contributed by atoms with Crippen molar-refractivity contribution in [2.75, 3.05) is 25.0 Å². The molecule has 6 heteroatoms. The number of aliphatic hydroxyl groups excluding tert-OH is 1. The van der Waals surface area contributed by atoms with Crippen LogP contribution in [0.5, 0.6) is 0 Å². The fourth-order valence-corrected chi connectivity index (χ4v) is 2.71. The van der Waals surface area contributed by atoms with E-state index in [1.165, 1.54) is 6.07 Å². The predicted octanol–water partition coefficient (Wildman–Crippen LogP) is 3.33. The number of aliphatic hydroxyl groups is 1. The van der Waals surface area contributed by atoms with Crippen LogP contribution in [0.3, 0.4) is 0 Å². The number of benzene rings is 2. The first-order chi connectivity index (χ1) is 11.5. The minimum atomic E-state index is -0.333. The third-order valence-electron chi connectivity index (χ3n) is 3.52. The molecule has 2 N–H and O–H groups in total. The molecular weight excluding hydrogens is 375 g/mol. The van der Waals surface area contributed by atoms with Gasteiger partial charge >= 0.3 is 0 Å². The fraction of sp³-hybridized carbons (Fsp3) is 0.278. The number of hydrogen-bond donors (Lipinski definition) is 2. The summed E-state index contributed by atoms with van der Waals surface area (Å²) >= 11 is 3.31. The van der Waals surface area contributed by atoms with Crippen molar-refractivity contribution in [2.24, 2.45) is 0 Å². The van der Waals surface area contributed by atoms with Crippen LogP contribution in [0.1, 0.15) is 11.1 Å². The van der Waals surface area contributed by atoms with Crippen LogP contribution in [0.2, 0.25) is 0 Å². The first-order valence-electron chi connectivity index (χ1n) is 7.61. The number of hydrogen-bond acceptors (Lipinski definition) is 3. The standard InChI is InChI=1S/C18H20BrFN2O2/c1-13-2-5-16(6-3-13)21-18(24)12-22(8-9-23)11-14-10-15(19)4-7-17(14)20/h2-7,10,23H,8-9,11-12H2,1H3,(H,21,24). The van der Waals surface area contributed by atoms with Crippen molar-refractivity contribution in [2.45, 2.75) is 13.5 Å². The summed E-state index contributed by atoms with van der Waals surface area (Å²) < 4.78 is 14.7. The van der Waals surface area contributed by atoms with Crippen LogP contribution in [0.25, 0.3) is 0 Å². The van der Waals surface area contributed by atoms with Crippen molar-refractivity contribution >= 4 is 27.5 Å². The SMILES string of the molecule is Cc1ccc(NC(=O)CN(CCO)Cc2cc(Br)ccc2F)cc1. The topological polar surface area (TPSA) is 52.6 Å². The smallest absolute Gasteiger partial charge is 0.238 e. The van der Waals surface area contributed by atoms with Gasteiger partial charge in [0.2, 0.25) is 5.91 Å². The monoisotopic (exact) mass is 394 g/mol. The maximum absolute atomic E-state index is 13.9. The number of aryl methyl sites for hydroxylation is 1. The van der Waals surface area contributed by atoms with Crippen LogP contribution < -0.4 is 5.32 Å². The van der Waals surface area contributed by atoms with E-state index in [4.69, 9.17) is 0 Å². The molecule has 2 aromatic rings. The third kappa shape index (κ3) is 5.70. The third-order valence-corrected chi connectivity index (χ3v) is 4.01. The molecule has 0 aliphatic rings. The van der Waals surface area contributed by atoms with Crippen molar-refractivity contribution in [3.63, 3.8) is 0 Å². The minimum Gasteiger partial charge on any atom is -0.395 e. The van der Waals surface area contributed by atoms with Gasteiger partial charge in [0.15, 0.2) is 0 Å². The molecule has 0 unspecified atom stereocenters. The molecule has 2 rings (SSSR count). The molecule has 0 saturated heterocycles. The number of halogens is 2. The highest BCUT2D eigenvalue weighted by molar-refractivity contribution is 9.10. The Balaban J connectivity index is 2.00. The summed E-state index contributed by atoms with van der Waals surface area (Å²) in [7, 11) is 0. The average Bonchev–Trinajstić information content (AvgIpc) is 2.53. The van der Waals surface area contributed by atoms with Gasteiger partial charge in [0.05, 0.1) is 13.2 Å². The Morgan fingerprint density at radius 1 is 1.25 bits per heavy atom. The van der Waals surface area contributed by atoms with Gasteiger partial charge in [0.1, 0.15) is 5.82 Å². The first-order valence-corrected chi connectivity index (χ1v) is 8.41. The number of nitrogens with zero attached hydrogens (tertiary/aromatic N) is 1. The number of carbonyl (C=O) groups is 1. The molecule has 2 aromatic carbocycles. The van der Waals surface area contributed by atoms with Crippen LogP contribution in [0, 0.1) is 12.7 Å². The lowest BCUT2D eigenvalue weighted by Crippen LogP contribution is -2.35. The molecule has 0 heterocycles. The molecule has 0 aliphatic carbocycles. The highest BCUT2D eigenvalue weighted by Gasteiger charge is 2.14. The highest BCUT2D eigenvalue weighted by atomic mass is 79.9. The fourth-order valence-electron chi connectivity index (χ4n) is 2.30. The maximum atomic E-state index is 13.9. The number of amides is 1. The Hall–Kier alpha value is -1.76. The van der Waals surface area contributed by atoms with E-state index in [1.54, 1.807) is 17.0 Å². The lowest BCUT2D eigenvalue weighted by molar-refractivity contribution is -0.117. The summed E-state index contributed by atoms with van der Waals surface area (Å²) in [5, 5.41) is 12.0. The summed E-state index contributed by atoms with van der Waals surface area (Å²) in [5.41, 5.74) is 2.30. The van der Waals surface area contributed by atoms with Gasteiger partial charge in [-0.3, -0.25) is 9.69 Å². The number of rotatable bonds is 7. The molecule has 0 fully saturated rings. The van der Waals surface area contributed by atoms with Crippen molar-refractivity contribution in [3.05, 3.63) is 63.9 Å². The Morgan fingerprint density at radius 2 is 1.96 bits per heavy atom. The van der Waals surface area contributed by atoms with Crippen LogP contribution in [-0.2, 0) is 11.3 Å². The molecule has 0 atom stereocenters. The Morgan fingerprint density at radius 3 is 2.62 bits per heavy atom. The van der Waals surface area contributed by atoms with Crippen molar-refractivity contribution in [1.29, 1.82) is 0 Å².